The molecule has 0 N–H and O–H groups in total. The van der Waals surface area contributed by atoms with Gasteiger partial charge in [-0.25, -0.2) is 0 Å². The molecule has 0 atom stereocenters. The quantitative estimate of drug-likeness (QED) is 0.327. The van der Waals surface area contributed by atoms with Gasteiger partial charge < -0.3 is 0 Å². The largest absolute Gasteiger partial charge is 0.175 e. The first-order valence-corrected chi connectivity index (χ1v) is 5.81. The van der Waals surface area contributed by atoms with Crippen LogP contribution in [0.3, 0.4) is 0 Å². The van der Waals surface area contributed by atoms with E-state index in [9.17, 15) is 0 Å². The summed E-state index contributed by atoms with van der Waals surface area (Å²) in [5, 5.41) is 0. The molecular formula is C11H22S. The molecule has 0 saturated heterocycles. The second-order valence-electron chi connectivity index (χ2n) is 3.21. The van der Waals surface area contributed by atoms with Gasteiger partial charge in [0, 0.05) is 5.75 Å². The van der Waals surface area contributed by atoms with E-state index in [1.807, 2.05) is 0 Å². The monoisotopic (exact) mass is 186 g/mol. The third-order valence-corrected chi connectivity index (χ3v) is 2.21. The summed E-state index contributed by atoms with van der Waals surface area (Å²) in [5.74, 6) is 0.885. The fourth-order valence-electron chi connectivity index (χ4n) is 1.23. The Balaban J connectivity index is 2.86. The van der Waals surface area contributed by atoms with E-state index >= 15 is 0 Å². The Morgan fingerprint density at radius 3 is 2.25 bits per heavy atom. The van der Waals surface area contributed by atoms with E-state index in [1.165, 1.54) is 44.9 Å². The van der Waals surface area contributed by atoms with Crippen LogP contribution in [-0.2, 0) is 0 Å². The number of hydrogen-bond donors (Lipinski definition) is 1. The molecule has 0 saturated carbocycles. The standard InChI is InChI=1S/C11H22S/c1-2-3-4-5-6-7-8-9-10-11-12/h9-10,12H,2-8,11H2,1H3. The van der Waals surface area contributed by atoms with E-state index in [1.54, 1.807) is 0 Å². The van der Waals surface area contributed by atoms with Crippen LogP contribution in [0.4, 0.5) is 0 Å². The van der Waals surface area contributed by atoms with Gasteiger partial charge in [-0.1, -0.05) is 51.2 Å². The normalized spacial score (nSPS) is 11.2. The molecule has 0 aromatic carbocycles. The van der Waals surface area contributed by atoms with Crippen molar-refractivity contribution in [2.24, 2.45) is 0 Å². The molecule has 0 aromatic rings. The lowest BCUT2D eigenvalue weighted by Crippen LogP contribution is -1.77. The predicted octanol–water partition coefficient (Wildman–Crippen LogP) is 4.22. The summed E-state index contributed by atoms with van der Waals surface area (Å²) in [6.07, 6.45) is 14.0. The maximum Gasteiger partial charge on any atom is 0.00825 e. The predicted molar refractivity (Wildman–Crippen MR) is 61.0 cm³/mol. The van der Waals surface area contributed by atoms with E-state index in [4.69, 9.17) is 0 Å². The Hall–Kier alpha value is 0.0900. The van der Waals surface area contributed by atoms with Gasteiger partial charge >= 0.3 is 0 Å². The van der Waals surface area contributed by atoms with Crippen LogP contribution in [0, 0.1) is 0 Å². The summed E-state index contributed by atoms with van der Waals surface area (Å²) in [4.78, 5) is 0. The first-order chi connectivity index (χ1) is 5.91. The molecule has 72 valence electrons. The first-order valence-electron chi connectivity index (χ1n) is 5.17. The maximum absolute atomic E-state index is 4.10. The highest BCUT2D eigenvalue weighted by Gasteiger charge is 1.87. The summed E-state index contributed by atoms with van der Waals surface area (Å²) < 4.78 is 0. The zero-order valence-corrected chi connectivity index (χ0v) is 9.15. The topological polar surface area (TPSA) is 0 Å². The summed E-state index contributed by atoms with van der Waals surface area (Å²) in [6, 6.07) is 0. The average Bonchev–Trinajstić information content (AvgIpc) is 2.10. The smallest absolute Gasteiger partial charge is 0.00825 e. The number of rotatable bonds is 8. The van der Waals surface area contributed by atoms with E-state index in [2.05, 4.69) is 31.7 Å². The van der Waals surface area contributed by atoms with Crippen LogP contribution in [0.5, 0.6) is 0 Å². The van der Waals surface area contributed by atoms with Gasteiger partial charge in [0.05, 0.1) is 0 Å². The van der Waals surface area contributed by atoms with Crippen LogP contribution in [-0.4, -0.2) is 5.75 Å². The third-order valence-electron chi connectivity index (χ3n) is 2.00. The van der Waals surface area contributed by atoms with Gasteiger partial charge in [0.25, 0.3) is 0 Å². The van der Waals surface area contributed by atoms with Gasteiger partial charge in [-0.05, 0) is 12.8 Å². The molecule has 0 aromatic heterocycles. The molecule has 0 heterocycles. The summed E-state index contributed by atoms with van der Waals surface area (Å²) >= 11 is 4.10. The fourth-order valence-corrected chi connectivity index (χ4v) is 1.38. The van der Waals surface area contributed by atoms with Gasteiger partial charge in [0.2, 0.25) is 0 Å². The number of allylic oxidation sites excluding steroid dienone is 1. The maximum atomic E-state index is 4.10. The number of hydrogen-bond acceptors (Lipinski definition) is 1. The summed E-state index contributed by atoms with van der Waals surface area (Å²) in [5.41, 5.74) is 0. The van der Waals surface area contributed by atoms with Crippen molar-refractivity contribution in [3.8, 4) is 0 Å². The first kappa shape index (κ1) is 12.1. The molecule has 0 spiro atoms. The van der Waals surface area contributed by atoms with Gasteiger partial charge in [-0.3, -0.25) is 0 Å². The fraction of sp³-hybridized carbons (Fsp3) is 0.818. The van der Waals surface area contributed by atoms with E-state index in [0.29, 0.717) is 0 Å². The second-order valence-corrected chi connectivity index (χ2v) is 3.58. The van der Waals surface area contributed by atoms with E-state index in [0.717, 1.165) is 5.75 Å². The van der Waals surface area contributed by atoms with Crippen LogP contribution in [0.15, 0.2) is 12.2 Å². The number of thiol groups is 1. The lowest BCUT2D eigenvalue weighted by Gasteiger charge is -1.97. The molecule has 0 amide bonds. The lowest BCUT2D eigenvalue weighted by molar-refractivity contribution is 0.611. The molecule has 0 aliphatic rings. The summed E-state index contributed by atoms with van der Waals surface area (Å²) in [7, 11) is 0. The zero-order valence-electron chi connectivity index (χ0n) is 8.26. The van der Waals surface area contributed by atoms with Gasteiger partial charge in [0.15, 0.2) is 0 Å². The van der Waals surface area contributed by atoms with Crippen LogP contribution in [0.2, 0.25) is 0 Å². The van der Waals surface area contributed by atoms with E-state index in [-0.39, 0.29) is 0 Å². The Labute approximate surface area is 82.9 Å². The molecule has 0 fully saturated rings. The van der Waals surface area contributed by atoms with Crippen molar-refractivity contribution >= 4 is 12.6 Å². The van der Waals surface area contributed by atoms with Gasteiger partial charge in [-0.15, -0.1) is 0 Å². The molecule has 0 nitrogen and oxygen atoms in total. The minimum Gasteiger partial charge on any atom is -0.175 e. The van der Waals surface area contributed by atoms with E-state index < -0.39 is 0 Å². The molecule has 1 heteroatoms. The third kappa shape index (κ3) is 10.1. The van der Waals surface area contributed by atoms with Crippen molar-refractivity contribution in [3.63, 3.8) is 0 Å². The Morgan fingerprint density at radius 1 is 0.917 bits per heavy atom. The molecular weight excluding hydrogens is 164 g/mol. The van der Waals surface area contributed by atoms with Crippen molar-refractivity contribution in [1.29, 1.82) is 0 Å². The molecule has 0 radical (unpaired) electrons. The molecule has 0 bridgehead atoms. The molecule has 0 aliphatic heterocycles. The minimum atomic E-state index is 0.885. The Morgan fingerprint density at radius 2 is 1.58 bits per heavy atom. The molecule has 12 heavy (non-hydrogen) atoms. The number of unbranched alkanes of at least 4 members (excludes halogenated alkanes) is 6. The molecule has 0 aliphatic carbocycles. The highest BCUT2D eigenvalue weighted by Crippen LogP contribution is 2.06. The Bertz CT molecular complexity index is 97.2. The van der Waals surface area contributed by atoms with Gasteiger partial charge in [-0.2, -0.15) is 12.6 Å². The Kier molecular flexibility index (Phi) is 11.2. The van der Waals surface area contributed by atoms with Crippen molar-refractivity contribution in [2.45, 2.75) is 51.9 Å². The summed E-state index contributed by atoms with van der Waals surface area (Å²) in [6.45, 7) is 2.26. The highest BCUT2D eigenvalue weighted by molar-refractivity contribution is 7.80. The molecule has 0 rings (SSSR count). The van der Waals surface area contributed by atoms with Crippen molar-refractivity contribution < 1.29 is 0 Å². The van der Waals surface area contributed by atoms with Crippen molar-refractivity contribution in [1.82, 2.24) is 0 Å². The SMILES string of the molecule is CCCCCCCCC=CCS. The average molecular weight is 186 g/mol. The zero-order chi connectivity index (χ0) is 9.07. The van der Waals surface area contributed by atoms with Crippen molar-refractivity contribution in [3.05, 3.63) is 12.2 Å². The molecule has 0 unspecified atom stereocenters. The van der Waals surface area contributed by atoms with Crippen molar-refractivity contribution in [2.75, 3.05) is 5.75 Å². The lowest BCUT2D eigenvalue weighted by atomic mass is 10.1. The van der Waals surface area contributed by atoms with Gasteiger partial charge in [0.1, 0.15) is 0 Å². The van der Waals surface area contributed by atoms with Crippen LogP contribution >= 0.6 is 12.6 Å². The van der Waals surface area contributed by atoms with Crippen LogP contribution in [0.1, 0.15) is 51.9 Å². The van der Waals surface area contributed by atoms with Crippen LogP contribution in [0.25, 0.3) is 0 Å². The second kappa shape index (κ2) is 11.1. The van der Waals surface area contributed by atoms with Crippen LogP contribution < -0.4 is 0 Å². The minimum absolute atomic E-state index is 0.885. The highest BCUT2D eigenvalue weighted by atomic mass is 32.1.